The highest BCUT2D eigenvalue weighted by molar-refractivity contribution is 5.77. The molecule has 1 aliphatic heterocycles. The zero-order valence-electron chi connectivity index (χ0n) is 25.6. The second-order valence-corrected chi connectivity index (χ2v) is 11.6. The summed E-state index contributed by atoms with van der Waals surface area (Å²) in [5, 5.41) is 6.70. The van der Waals surface area contributed by atoms with E-state index in [1.54, 1.807) is 43.0 Å². The van der Waals surface area contributed by atoms with Crippen LogP contribution in [-0.4, -0.2) is 82.6 Å². The van der Waals surface area contributed by atoms with E-state index in [1.807, 2.05) is 12.4 Å². The minimum absolute atomic E-state index is 0.0165. The molecule has 2 aromatic heterocycles. The molecule has 1 unspecified atom stereocenters. The van der Waals surface area contributed by atoms with Crippen LogP contribution in [0.3, 0.4) is 0 Å². The van der Waals surface area contributed by atoms with Crippen LogP contribution in [-0.2, 0) is 22.3 Å². The maximum atomic E-state index is 14.0. The van der Waals surface area contributed by atoms with Gasteiger partial charge in [0.2, 0.25) is 11.9 Å². The fourth-order valence-electron chi connectivity index (χ4n) is 5.22. The van der Waals surface area contributed by atoms with Crippen LogP contribution >= 0.6 is 0 Å². The lowest BCUT2D eigenvalue weighted by molar-refractivity contribution is -0.138. The first-order valence-electron chi connectivity index (χ1n) is 15.0. The standard InChI is InChI=1S/C31H38F3N7O4/c1-20(38-26-17-37-41(29(43)28(26)31(32,33)34)18-22-4-8-25(44-3)9-5-22)19-45-21(2)14-27(42)39-10-12-40(13-11-39)30-35-15-24(16-36-30)23-6-7-23/h4-5,8-9,15-17,20-21,23,38H,6-7,10-14,18-19H2,1-3H3/t20-,21?/m0/s1. The molecule has 3 heterocycles. The Morgan fingerprint density at radius 3 is 2.31 bits per heavy atom. The van der Waals surface area contributed by atoms with Gasteiger partial charge in [0, 0.05) is 44.6 Å². The molecule has 45 heavy (non-hydrogen) atoms. The summed E-state index contributed by atoms with van der Waals surface area (Å²) in [5.74, 6) is 1.79. The molecular formula is C31H38F3N7O4. The van der Waals surface area contributed by atoms with E-state index in [1.165, 1.54) is 25.5 Å². The number of nitrogens with zero attached hydrogens (tertiary/aromatic N) is 6. The third-order valence-corrected chi connectivity index (χ3v) is 7.94. The number of methoxy groups -OCH3 is 1. The van der Waals surface area contributed by atoms with Crippen LogP contribution in [0.2, 0.25) is 0 Å². The summed E-state index contributed by atoms with van der Waals surface area (Å²) >= 11 is 0. The number of nitrogens with one attached hydrogen (secondary N) is 1. The molecule has 11 nitrogen and oxygen atoms in total. The molecule has 5 rings (SSSR count). The number of alkyl halides is 3. The van der Waals surface area contributed by atoms with E-state index in [2.05, 4.69) is 25.3 Å². The predicted octanol–water partition coefficient (Wildman–Crippen LogP) is 3.93. The third kappa shape index (κ3) is 8.29. The van der Waals surface area contributed by atoms with Crippen molar-refractivity contribution >= 4 is 17.5 Å². The van der Waals surface area contributed by atoms with Crippen LogP contribution in [0, 0.1) is 0 Å². The molecule has 1 saturated heterocycles. The van der Waals surface area contributed by atoms with Crippen LogP contribution in [0.25, 0.3) is 0 Å². The molecule has 0 spiro atoms. The Morgan fingerprint density at radius 1 is 1.04 bits per heavy atom. The minimum atomic E-state index is -4.90. The molecule has 2 aliphatic rings. The number of piperazine rings is 1. The maximum absolute atomic E-state index is 14.0. The Bertz CT molecular complexity index is 1500. The van der Waals surface area contributed by atoms with E-state index in [0.29, 0.717) is 49.4 Å². The van der Waals surface area contributed by atoms with Crippen molar-refractivity contribution in [1.29, 1.82) is 0 Å². The lowest BCUT2D eigenvalue weighted by atomic mass is 10.2. The Kier molecular flexibility index (Phi) is 9.90. The van der Waals surface area contributed by atoms with Gasteiger partial charge in [-0.05, 0) is 55.9 Å². The molecule has 242 valence electrons. The quantitative estimate of drug-likeness (QED) is 0.318. The molecule has 1 N–H and O–H groups in total. The number of carbonyl (C=O) groups excluding carboxylic acids is 1. The lowest BCUT2D eigenvalue weighted by Crippen LogP contribution is -2.49. The average molecular weight is 630 g/mol. The molecule has 3 aromatic rings. The van der Waals surface area contributed by atoms with Crippen LogP contribution < -0.4 is 20.5 Å². The van der Waals surface area contributed by atoms with Gasteiger partial charge in [-0.15, -0.1) is 0 Å². The van der Waals surface area contributed by atoms with Crippen molar-refractivity contribution in [1.82, 2.24) is 24.6 Å². The van der Waals surface area contributed by atoms with E-state index < -0.39 is 35.1 Å². The van der Waals surface area contributed by atoms with Crippen LogP contribution in [0.1, 0.15) is 55.7 Å². The highest BCUT2D eigenvalue weighted by atomic mass is 19.4. The van der Waals surface area contributed by atoms with Crippen molar-refractivity contribution in [3.8, 4) is 5.75 Å². The van der Waals surface area contributed by atoms with Gasteiger partial charge in [0.15, 0.2) is 0 Å². The van der Waals surface area contributed by atoms with E-state index in [0.717, 1.165) is 10.9 Å². The largest absolute Gasteiger partial charge is 0.497 e. The number of hydrogen-bond acceptors (Lipinski definition) is 9. The molecule has 1 amide bonds. The van der Waals surface area contributed by atoms with Crippen molar-refractivity contribution < 1.29 is 27.4 Å². The maximum Gasteiger partial charge on any atom is 0.423 e. The van der Waals surface area contributed by atoms with E-state index in [9.17, 15) is 22.8 Å². The number of anilines is 2. The van der Waals surface area contributed by atoms with Crippen LogP contribution in [0.5, 0.6) is 5.75 Å². The van der Waals surface area contributed by atoms with Crippen molar-refractivity contribution in [2.24, 2.45) is 0 Å². The summed E-state index contributed by atoms with van der Waals surface area (Å²) in [4.78, 5) is 38.6. The summed E-state index contributed by atoms with van der Waals surface area (Å²) in [7, 11) is 1.50. The summed E-state index contributed by atoms with van der Waals surface area (Å²) < 4.78 is 53.7. The molecule has 0 radical (unpaired) electrons. The normalized spacial score (nSPS) is 16.8. The fourth-order valence-corrected chi connectivity index (χ4v) is 5.22. The van der Waals surface area contributed by atoms with Crippen molar-refractivity contribution in [3.05, 3.63) is 69.9 Å². The average Bonchev–Trinajstić information content (AvgIpc) is 3.87. The molecule has 1 saturated carbocycles. The third-order valence-electron chi connectivity index (χ3n) is 7.94. The number of halogens is 3. The molecular weight excluding hydrogens is 591 g/mol. The smallest absolute Gasteiger partial charge is 0.423 e. The van der Waals surface area contributed by atoms with Gasteiger partial charge in [-0.3, -0.25) is 9.59 Å². The number of benzene rings is 1. The Morgan fingerprint density at radius 2 is 1.71 bits per heavy atom. The second kappa shape index (κ2) is 13.8. The van der Waals surface area contributed by atoms with Gasteiger partial charge in [0.05, 0.1) is 44.7 Å². The van der Waals surface area contributed by atoms with Gasteiger partial charge in [-0.2, -0.15) is 18.3 Å². The Labute approximate surface area is 259 Å². The molecule has 0 bridgehead atoms. The van der Waals surface area contributed by atoms with E-state index in [4.69, 9.17) is 9.47 Å². The molecule has 1 aliphatic carbocycles. The Hall–Kier alpha value is -4.20. The topological polar surface area (TPSA) is 115 Å². The van der Waals surface area contributed by atoms with Gasteiger partial charge >= 0.3 is 6.18 Å². The first kappa shape index (κ1) is 32.2. The van der Waals surface area contributed by atoms with Gasteiger partial charge in [0.1, 0.15) is 11.3 Å². The van der Waals surface area contributed by atoms with Crippen molar-refractivity contribution in [2.45, 2.75) is 63.9 Å². The highest BCUT2D eigenvalue weighted by Gasteiger charge is 2.38. The van der Waals surface area contributed by atoms with Crippen LogP contribution in [0.4, 0.5) is 24.8 Å². The number of hydrogen-bond donors (Lipinski definition) is 1. The molecule has 14 heteroatoms. The second-order valence-electron chi connectivity index (χ2n) is 11.6. The van der Waals surface area contributed by atoms with Gasteiger partial charge in [0.25, 0.3) is 5.56 Å². The number of aromatic nitrogens is 4. The fraction of sp³-hybridized carbons (Fsp3) is 0.516. The SMILES string of the molecule is COc1ccc(Cn2ncc(N[C@@H](C)COC(C)CC(=O)N3CCN(c4ncc(C5CC5)cn4)CC3)c(C(F)(F)F)c2=O)cc1. The minimum Gasteiger partial charge on any atom is -0.497 e. The van der Waals surface area contributed by atoms with E-state index in [-0.39, 0.29) is 25.5 Å². The molecule has 2 atom stereocenters. The summed E-state index contributed by atoms with van der Waals surface area (Å²) in [6.07, 6.45) is 1.95. The van der Waals surface area contributed by atoms with Gasteiger partial charge in [-0.25, -0.2) is 14.6 Å². The summed E-state index contributed by atoms with van der Waals surface area (Å²) in [5.41, 5.74) is -1.24. The lowest BCUT2D eigenvalue weighted by Gasteiger charge is -2.35. The number of amides is 1. The first-order valence-corrected chi connectivity index (χ1v) is 15.0. The van der Waals surface area contributed by atoms with Crippen molar-refractivity contribution in [3.63, 3.8) is 0 Å². The predicted molar refractivity (Wildman–Crippen MR) is 162 cm³/mol. The summed E-state index contributed by atoms with van der Waals surface area (Å²) in [6.45, 7) is 5.59. The molecule has 1 aromatic carbocycles. The molecule has 2 fully saturated rings. The first-order chi connectivity index (χ1) is 21.5. The van der Waals surface area contributed by atoms with Gasteiger partial charge in [-0.1, -0.05) is 12.1 Å². The number of rotatable bonds is 12. The summed E-state index contributed by atoms with van der Waals surface area (Å²) in [6, 6.07) is 6.02. The highest BCUT2D eigenvalue weighted by Crippen LogP contribution is 2.39. The van der Waals surface area contributed by atoms with Crippen molar-refractivity contribution in [2.75, 3.05) is 50.1 Å². The Balaban J connectivity index is 1.10. The number of carbonyl (C=O) groups is 1. The van der Waals surface area contributed by atoms with Crippen LogP contribution in [0.15, 0.2) is 47.7 Å². The van der Waals surface area contributed by atoms with E-state index >= 15 is 0 Å². The number of ether oxygens (including phenoxy) is 2. The van der Waals surface area contributed by atoms with Gasteiger partial charge < -0.3 is 24.6 Å². The zero-order valence-corrected chi connectivity index (χ0v) is 25.6. The zero-order chi connectivity index (χ0) is 32.1. The monoisotopic (exact) mass is 629 g/mol.